The Morgan fingerprint density at radius 1 is 1.43 bits per heavy atom. The zero-order valence-corrected chi connectivity index (χ0v) is 11.5. The van der Waals surface area contributed by atoms with Gasteiger partial charge in [0.2, 0.25) is 5.91 Å². The molecule has 0 saturated carbocycles. The average molecular weight is 298 g/mol. The van der Waals surface area contributed by atoms with Gasteiger partial charge in [-0.3, -0.25) is 14.3 Å². The van der Waals surface area contributed by atoms with Crippen LogP contribution in [0.2, 0.25) is 0 Å². The van der Waals surface area contributed by atoms with Crippen LogP contribution >= 0.6 is 0 Å². The number of carboxylic acids is 2. The average Bonchev–Trinajstić information content (AvgIpc) is 2.82. The number of carbonyl (C=O) groups excluding carboxylic acids is 1. The summed E-state index contributed by atoms with van der Waals surface area (Å²) in [6.07, 6.45) is 2.99. The summed E-state index contributed by atoms with van der Waals surface area (Å²) in [5, 5.41) is 23.7. The molecule has 9 heteroatoms. The number of aryl methyl sites for hydroxylation is 1. The van der Waals surface area contributed by atoms with Gasteiger partial charge < -0.3 is 21.3 Å². The molecule has 21 heavy (non-hydrogen) atoms. The fourth-order valence-corrected chi connectivity index (χ4v) is 1.73. The third-order valence-electron chi connectivity index (χ3n) is 2.86. The van der Waals surface area contributed by atoms with Gasteiger partial charge in [0, 0.05) is 25.2 Å². The summed E-state index contributed by atoms with van der Waals surface area (Å²) in [5.74, 6) is -2.89. The zero-order valence-electron chi connectivity index (χ0n) is 11.5. The SMILES string of the molecule is Cn1cc(C(N)C(=O)N[C@H](CCCC(=O)O)C(=O)O)cn1. The molecule has 0 saturated heterocycles. The second-order valence-corrected chi connectivity index (χ2v) is 4.61. The minimum absolute atomic E-state index is 0.0210. The molecule has 1 aromatic heterocycles. The Morgan fingerprint density at radius 3 is 2.57 bits per heavy atom. The van der Waals surface area contributed by atoms with Crippen molar-refractivity contribution in [2.75, 3.05) is 0 Å². The van der Waals surface area contributed by atoms with Crippen molar-refractivity contribution >= 4 is 17.8 Å². The number of amides is 1. The Balaban J connectivity index is 2.59. The summed E-state index contributed by atoms with van der Waals surface area (Å²) >= 11 is 0. The number of carbonyl (C=O) groups is 3. The smallest absolute Gasteiger partial charge is 0.326 e. The summed E-state index contributed by atoms with van der Waals surface area (Å²) in [4.78, 5) is 33.4. The molecule has 0 aliphatic carbocycles. The predicted octanol–water partition coefficient (Wildman–Crippen LogP) is -0.756. The standard InChI is InChI=1S/C12H18N4O5/c1-16-6-7(5-14-16)10(13)11(19)15-8(12(20)21)3-2-4-9(17)18/h5-6,8,10H,2-4,13H2,1H3,(H,15,19)(H,17,18)(H,20,21)/t8-,10?/m1/s1. The second-order valence-electron chi connectivity index (χ2n) is 4.61. The van der Waals surface area contributed by atoms with Gasteiger partial charge in [0.1, 0.15) is 12.1 Å². The number of rotatable bonds is 8. The lowest BCUT2D eigenvalue weighted by Gasteiger charge is -2.16. The lowest BCUT2D eigenvalue weighted by atomic mass is 10.1. The summed E-state index contributed by atoms with van der Waals surface area (Å²) in [6.45, 7) is 0. The van der Waals surface area contributed by atoms with E-state index in [9.17, 15) is 14.4 Å². The molecule has 0 radical (unpaired) electrons. The summed E-state index contributed by atoms with van der Waals surface area (Å²) in [6, 6.07) is -2.19. The summed E-state index contributed by atoms with van der Waals surface area (Å²) in [7, 11) is 1.67. The van der Waals surface area contributed by atoms with Crippen LogP contribution in [0.1, 0.15) is 30.9 Å². The molecule has 0 aliphatic heterocycles. The number of nitrogens with one attached hydrogen (secondary N) is 1. The number of nitrogens with zero attached hydrogens (tertiary/aromatic N) is 2. The van der Waals surface area contributed by atoms with Crippen molar-refractivity contribution < 1.29 is 24.6 Å². The fourth-order valence-electron chi connectivity index (χ4n) is 1.73. The first-order valence-corrected chi connectivity index (χ1v) is 6.30. The van der Waals surface area contributed by atoms with Crippen LogP contribution in [0.4, 0.5) is 0 Å². The summed E-state index contributed by atoms with van der Waals surface area (Å²) < 4.78 is 1.48. The fraction of sp³-hybridized carbons (Fsp3) is 0.500. The van der Waals surface area contributed by atoms with Gasteiger partial charge in [-0.1, -0.05) is 0 Å². The summed E-state index contributed by atoms with van der Waals surface area (Å²) in [5.41, 5.74) is 6.19. The van der Waals surface area contributed by atoms with Gasteiger partial charge in [-0.05, 0) is 12.8 Å². The van der Waals surface area contributed by atoms with Gasteiger partial charge in [-0.25, -0.2) is 4.79 Å². The van der Waals surface area contributed by atoms with E-state index >= 15 is 0 Å². The van der Waals surface area contributed by atoms with E-state index in [0.717, 1.165) is 0 Å². The lowest BCUT2D eigenvalue weighted by Crippen LogP contribution is -2.44. The molecule has 2 atom stereocenters. The third-order valence-corrected chi connectivity index (χ3v) is 2.86. The molecule has 0 spiro atoms. The maximum atomic E-state index is 11.9. The van der Waals surface area contributed by atoms with Crippen LogP contribution in [0.15, 0.2) is 12.4 Å². The van der Waals surface area contributed by atoms with E-state index in [4.69, 9.17) is 15.9 Å². The van der Waals surface area contributed by atoms with Crippen LogP contribution in [-0.2, 0) is 21.4 Å². The quantitative estimate of drug-likeness (QED) is 0.493. The highest BCUT2D eigenvalue weighted by molar-refractivity contribution is 5.87. The van der Waals surface area contributed by atoms with Crippen molar-refractivity contribution in [3.63, 3.8) is 0 Å². The molecule has 5 N–H and O–H groups in total. The normalized spacial score (nSPS) is 13.4. The number of aliphatic carboxylic acids is 2. The molecule has 116 valence electrons. The number of hydrogen-bond donors (Lipinski definition) is 4. The van der Waals surface area contributed by atoms with Gasteiger partial charge in [-0.2, -0.15) is 5.10 Å². The van der Waals surface area contributed by atoms with Crippen molar-refractivity contribution in [1.29, 1.82) is 0 Å². The largest absolute Gasteiger partial charge is 0.481 e. The highest BCUT2D eigenvalue weighted by Crippen LogP contribution is 2.10. The zero-order chi connectivity index (χ0) is 16.0. The Morgan fingerprint density at radius 2 is 2.10 bits per heavy atom. The van der Waals surface area contributed by atoms with Crippen molar-refractivity contribution in [1.82, 2.24) is 15.1 Å². The Hall–Kier alpha value is -2.42. The molecule has 9 nitrogen and oxygen atoms in total. The molecular weight excluding hydrogens is 280 g/mol. The maximum Gasteiger partial charge on any atom is 0.326 e. The van der Waals surface area contributed by atoms with Crippen LogP contribution in [0.3, 0.4) is 0 Å². The molecule has 1 amide bonds. The van der Waals surface area contributed by atoms with Gasteiger partial charge in [-0.15, -0.1) is 0 Å². The first-order chi connectivity index (χ1) is 9.81. The molecule has 1 heterocycles. The van der Waals surface area contributed by atoms with Crippen LogP contribution in [0, 0.1) is 0 Å². The minimum atomic E-state index is -1.23. The van der Waals surface area contributed by atoms with E-state index in [1.54, 1.807) is 13.2 Å². The van der Waals surface area contributed by atoms with Crippen LogP contribution in [-0.4, -0.2) is 43.9 Å². The van der Waals surface area contributed by atoms with E-state index in [1.807, 2.05) is 0 Å². The van der Waals surface area contributed by atoms with E-state index in [-0.39, 0.29) is 19.3 Å². The second kappa shape index (κ2) is 7.39. The van der Waals surface area contributed by atoms with Gasteiger partial charge in [0.25, 0.3) is 0 Å². The first kappa shape index (κ1) is 16.6. The van der Waals surface area contributed by atoms with Gasteiger partial charge in [0.05, 0.1) is 6.20 Å². The van der Waals surface area contributed by atoms with Crippen molar-refractivity contribution in [3.8, 4) is 0 Å². The van der Waals surface area contributed by atoms with E-state index in [1.165, 1.54) is 10.9 Å². The monoisotopic (exact) mass is 298 g/mol. The predicted molar refractivity (Wildman–Crippen MR) is 71.2 cm³/mol. The van der Waals surface area contributed by atoms with Crippen molar-refractivity contribution in [2.45, 2.75) is 31.3 Å². The molecule has 1 aromatic rings. The molecule has 0 fully saturated rings. The maximum absolute atomic E-state index is 11.9. The number of aromatic nitrogens is 2. The highest BCUT2D eigenvalue weighted by Gasteiger charge is 2.24. The van der Waals surface area contributed by atoms with Crippen LogP contribution in [0.5, 0.6) is 0 Å². The van der Waals surface area contributed by atoms with Gasteiger partial charge >= 0.3 is 11.9 Å². The Kier molecular flexibility index (Phi) is 5.85. The third kappa shape index (κ3) is 5.22. The molecule has 0 bridgehead atoms. The van der Waals surface area contributed by atoms with Crippen LogP contribution in [0.25, 0.3) is 0 Å². The number of nitrogens with two attached hydrogens (primary N) is 1. The van der Waals surface area contributed by atoms with Crippen molar-refractivity contribution in [3.05, 3.63) is 18.0 Å². The number of carboxylic acid groups (broad SMARTS) is 2. The van der Waals surface area contributed by atoms with Gasteiger partial charge in [0.15, 0.2) is 0 Å². The van der Waals surface area contributed by atoms with E-state index in [2.05, 4.69) is 10.4 Å². The highest BCUT2D eigenvalue weighted by atomic mass is 16.4. The first-order valence-electron chi connectivity index (χ1n) is 6.30. The molecule has 0 aromatic carbocycles. The Bertz CT molecular complexity index is 527. The number of hydrogen-bond acceptors (Lipinski definition) is 5. The topological polar surface area (TPSA) is 148 Å². The lowest BCUT2D eigenvalue weighted by molar-refractivity contribution is -0.143. The van der Waals surface area contributed by atoms with E-state index < -0.39 is 29.9 Å². The molecule has 0 aliphatic rings. The minimum Gasteiger partial charge on any atom is -0.481 e. The van der Waals surface area contributed by atoms with Crippen LogP contribution < -0.4 is 11.1 Å². The molecule has 1 rings (SSSR count). The van der Waals surface area contributed by atoms with Crippen molar-refractivity contribution in [2.24, 2.45) is 12.8 Å². The molecular formula is C12H18N4O5. The Labute approximate surface area is 120 Å². The molecule has 1 unspecified atom stereocenters. The van der Waals surface area contributed by atoms with E-state index in [0.29, 0.717) is 5.56 Å².